The highest BCUT2D eigenvalue weighted by atomic mass is 15.3. The maximum absolute atomic E-state index is 6.39. The van der Waals surface area contributed by atoms with Crippen LogP contribution in [0.1, 0.15) is 47.5 Å². The molecular weight excluding hydrogens is 210 g/mol. The molecule has 3 heteroatoms. The zero-order valence-electron chi connectivity index (χ0n) is 12.4. The third-order valence-corrected chi connectivity index (χ3v) is 4.27. The van der Waals surface area contributed by atoms with Gasteiger partial charge in [0.15, 0.2) is 0 Å². The summed E-state index contributed by atoms with van der Waals surface area (Å²) < 4.78 is 0. The Labute approximate surface area is 107 Å². The molecular formula is C14H31N3. The lowest BCUT2D eigenvalue weighted by Crippen LogP contribution is -2.57. The Balaban J connectivity index is 2.42. The quantitative estimate of drug-likeness (QED) is 0.816. The number of nitrogens with zero attached hydrogens (tertiary/aromatic N) is 2. The summed E-state index contributed by atoms with van der Waals surface area (Å²) in [5.74, 6) is 0. The van der Waals surface area contributed by atoms with E-state index in [2.05, 4.69) is 44.4 Å². The average molecular weight is 241 g/mol. The Bertz CT molecular complexity index is 220. The molecule has 0 saturated carbocycles. The van der Waals surface area contributed by atoms with E-state index in [9.17, 15) is 0 Å². The fourth-order valence-electron chi connectivity index (χ4n) is 2.50. The topological polar surface area (TPSA) is 32.5 Å². The van der Waals surface area contributed by atoms with E-state index in [0.29, 0.717) is 5.54 Å². The minimum absolute atomic E-state index is 0.0178. The monoisotopic (exact) mass is 241 g/mol. The van der Waals surface area contributed by atoms with Gasteiger partial charge in [0.25, 0.3) is 0 Å². The fraction of sp³-hybridized carbons (Fsp3) is 1.00. The summed E-state index contributed by atoms with van der Waals surface area (Å²) >= 11 is 0. The summed E-state index contributed by atoms with van der Waals surface area (Å²) in [7, 11) is 0. The first kappa shape index (κ1) is 14.9. The molecule has 1 fully saturated rings. The molecule has 3 nitrogen and oxygen atoms in total. The normalized spacial score (nSPS) is 20.8. The van der Waals surface area contributed by atoms with Gasteiger partial charge in [0, 0.05) is 43.8 Å². The number of piperazine rings is 1. The molecule has 0 aliphatic carbocycles. The van der Waals surface area contributed by atoms with Gasteiger partial charge in [-0.1, -0.05) is 13.8 Å². The van der Waals surface area contributed by atoms with Crippen LogP contribution >= 0.6 is 0 Å². The highest BCUT2D eigenvalue weighted by Crippen LogP contribution is 2.18. The molecule has 17 heavy (non-hydrogen) atoms. The fourth-order valence-corrected chi connectivity index (χ4v) is 2.50. The molecule has 0 unspecified atom stereocenters. The van der Waals surface area contributed by atoms with Crippen LogP contribution in [0, 0.1) is 0 Å². The minimum atomic E-state index is 0.0178. The van der Waals surface area contributed by atoms with Gasteiger partial charge in [0.1, 0.15) is 0 Å². The standard InChI is InChI=1S/C14H31N3/c1-6-14(15,7-2)12-16-8-10-17(11-9-16)13(3,4)5/h6-12,15H2,1-5H3. The summed E-state index contributed by atoms with van der Waals surface area (Å²) in [5, 5.41) is 0. The van der Waals surface area contributed by atoms with Crippen molar-refractivity contribution in [2.45, 2.75) is 58.5 Å². The summed E-state index contributed by atoms with van der Waals surface area (Å²) in [4.78, 5) is 5.11. The second-order valence-electron chi connectivity index (χ2n) is 6.50. The molecule has 0 atom stereocenters. The molecule has 0 aromatic heterocycles. The lowest BCUT2D eigenvalue weighted by atomic mass is 9.93. The summed E-state index contributed by atoms with van der Waals surface area (Å²) in [6.45, 7) is 17.0. The third-order valence-electron chi connectivity index (χ3n) is 4.27. The van der Waals surface area contributed by atoms with Gasteiger partial charge < -0.3 is 5.73 Å². The molecule has 0 spiro atoms. The van der Waals surface area contributed by atoms with Gasteiger partial charge in [0.05, 0.1) is 0 Å². The molecule has 1 rings (SSSR count). The molecule has 0 aromatic rings. The summed E-state index contributed by atoms with van der Waals surface area (Å²) in [5.41, 5.74) is 6.72. The molecule has 102 valence electrons. The molecule has 1 aliphatic heterocycles. The second kappa shape index (κ2) is 5.68. The number of hydrogen-bond donors (Lipinski definition) is 1. The van der Waals surface area contributed by atoms with Crippen LogP contribution in [0.5, 0.6) is 0 Å². The number of nitrogens with two attached hydrogens (primary N) is 1. The second-order valence-corrected chi connectivity index (χ2v) is 6.50. The van der Waals surface area contributed by atoms with Crippen molar-refractivity contribution in [3.63, 3.8) is 0 Å². The molecule has 2 N–H and O–H groups in total. The molecule has 0 aromatic carbocycles. The van der Waals surface area contributed by atoms with Gasteiger partial charge in [-0.25, -0.2) is 0 Å². The van der Waals surface area contributed by atoms with E-state index < -0.39 is 0 Å². The van der Waals surface area contributed by atoms with Crippen LogP contribution in [0.2, 0.25) is 0 Å². The van der Waals surface area contributed by atoms with Gasteiger partial charge in [0.2, 0.25) is 0 Å². The van der Waals surface area contributed by atoms with Crippen molar-refractivity contribution in [1.29, 1.82) is 0 Å². The van der Waals surface area contributed by atoms with Gasteiger partial charge in [-0.05, 0) is 33.6 Å². The van der Waals surface area contributed by atoms with Gasteiger partial charge >= 0.3 is 0 Å². The van der Waals surface area contributed by atoms with Crippen LogP contribution in [-0.4, -0.2) is 53.6 Å². The van der Waals surface area contributed by atoms with Crippen LogP contribution in [-0.2, 0) is 0 Å². The van der Waals surface area contributed by atoms with E-state index in [0.717, 1.165) is 32.5 Å². The van der Waals surface area contributed by atoms with Crippen LogP contribution in [0.4, 0.5) is 0 Å². The molecule has 0 radical (unpaired) electrons. The first-order chi connectivity index (χ1) is 7.80. The molecule has 1 aliphatic rings. The van der Waals surface area contributed by atoms with Crippen molar-refractivity contribution >= 4 is 0 Å². The van der Waals surface area contributed by atoms with E-state index in [1.807, 2.05) is 0 Å². The van der Waals surface area contributed by atoms with Crippen molar-refractivity contribution in [3.05, 3.63) is 0 Å². The Hall–Kier alpha value is -0.120. The Morgan fingerprint density at radius 1 is 0.941 bits per heavy atom. The number of hydrogen-bond acceptors (Lipinski definition) is 3. The Kier molecular flexibility index (Phi) is 4.99. The molecule has 0 amide bonds. The smallest absolute Gasteiger partial charge is 0.0278 e. The first-order valence-corrected chi connectivity index (χ1v) is 7.07. The van der Waals surface area contributed by atoms with Gasteiger partial charge in [-0.3, -0.25) is 9.80 Å². The maximum Gasteiger partial charge on any atom is 0.0278 e. The minimum Gasteiger partial charge on any atom is -0.324 e. The van der Waals surface area contributed by atoms with Crippen LogP contribution < -0.4 is 5.73 Å². The third kappa shape index (κ3) is 4.23. The van der Waals surface area contributed by atoms with Crippen molar-refractivity contribution in [3.8, 4) is 0 Å². The summed E-state index contributed by atoms with van der Waals surface area (Å²) in [6, 6.07) is 0. The van der Waals surface area contributed by atoms with Gasteiger partial charge in [-0.15, -0.1) is 0 Å². The van der Waals surface area contributed by atoms with Gasteiger partial charge in [-0.2, -0.15) is 0 Å². The SMILES string of the molecule is CCC(N)(CC)CN1CCN(C(C)(C)C)CC1. The average Bonchev–Trinajstić information content (AvgIpc) is 2.28. The Morgan fingerprint density at radius 3 is 1.76 bits per heavy atom. The predicted octanol–water partition coefficient (Wildman–Crippen LogP) is 1.92. The van der Waals surface area contributed by atoms with E-state index in [-0.39, 0.29) is 5.54 Å². The zero-order chi connectivity index (χ0) is 13.1. The summed E-state index contributed by atoms with van der Waals surface area (Å²) in [6.07, 6.45) is 2.14. The van der Waals surface area contributed by atoms with Crippen LogP contribution in [0.3, 0.4) is 0 Å². The maximum atomic E-state index is 6.39. The molecule has 1 heterocycles. The van der Waals surface area contributed by atoms with Crippen molar-refractivity contribution in [2.75, 3.05) is 32.7 Å². The predicted molar refractivity (Wildman–Crippen MR) is 75.3 cm³/mol. The molecule has 0 bridgehead atoms. The lowest BCUT2D eigenvalue weighted by molar-refractivity contribution is 0.0510. The zero-order valence-corrected chi connectivity index (χ0v) is 12.4. The van der Waals surface area contributed by atoms with E-state index >= 15 is 0 Å². The van der Waals surface area contributed by atoms with Crippen LogP contribution in [0.15, 0.2) is 0 Å². The number of rotatable bonds is 4. The van der Waals surface area contributed by atoms with Crippen molar-refractivity contribution in [1.82, 2.24) is 9.80 Å². The van der Waals surface area contributed by atoms with Crippen LogP contribution in [0.25, 0.3) is 0 Å². The van der Waals surface area contributed by atoms with E-state index in [1.165, 1.54) is 13.1 Å². The van der Waals surface area contributed by atoms with Crippen molar-refractivity contribution in [2.24, 2.45) is 5.73 Å². The van der Waals surface area contributed by atoms with Crippen molar-refractivity contribution < 1.29 is 0 Å². The highest BCUT2D eigenvalue weighted by molar-refractivity contribution is 4.88. The molecule has 1 saturated heterocycles. The Morgan fingerprint density at radius 2 is 1.41 bits per heavy atom. The van der Waals surface area contributed by atoms with E-state index in [4.69, 9.17) is 5.73 Å². The largest absolute Gasteiger partial charge is 0.324 e. The van der Waals surface area contributed by atoms with E-state index in [1.54, 1.807) is 0 Å². The lowest BCUT2D eigenvalue weighted by Gasteiger charge is -2.44. The highest BCUT2D eigenvalue weighted by Gasteiger charge is 2.29. The first-order valence-electron chi connectivity index (χ1n) is 7.07.